The van der Waals surface area contributed by atoms with Crippen LogP contribution in [0.25, 0.3) is 0 Å². The van der Waals surface area contributed by atoms with Gasteiger partial charge in [0, 0.05) is 31.5 Å². The van der Waals surface area contributed by atoms with Gasteiger partial charge in [-0.3, -0.25) is 0 Å². The summed E-state index contributed by atoms with van der Waals surface area (Å²) in [6.45, 7) is 3.68. The first-order valence-electron chi connectivity index (χ1n) is 7.04. The zero-order valence-electron chi connectivity index (χ0n) is 13.1. The van der Waals surface area contributed by atoms with Crippen molar-refractivity contribution in [3.05, 3.63) is 52.8 Å². The van der Waals surface area contributed by atoms with Gasteiger partial charge < -0.3 is 14.8 Å². The highest BCUT2D eigenvalue weighted by Gasteiger charge is 2.09. The lowest BCUT2D eigenvalue weighted by atomic mass is 10.1. The van der Waals surface area contributed by atoms with Gasteiger partial charge in [-0.15, -0.1) is 0 Å². The molecule has 1 N–H and O–H groups in total. The van der Waals surface area contributed by atoms with Crippen molar-refractivity contribution in [2.75, 3.05) is 19.4 Å². The molecular weight excluding hydrogens is 260 g/mol. The second kappa shape index (κ2) is 6.47. The minimum Gasteiger partial charge on any atom is -0.381 e. The number of aromatic nitrogens is 1. The van der Waals surface area contributed by atoms with Crippen LogP contribution in [0.5, 0.6) is 0 Å². The maximum absolute atomic E-state index is 9.09. The predicted molar refractivity (Wildman–Crippen MR) is 86.0 cm³/mol. The molecular formula is C17H22N4. The van der Waals surface area contributed by atoms with Gasteiger partial charge in [0.1, 0.15) is 11.8 Å². The van der Waals surface area contributed by atoms with Crippen LogP contribution in [0.4, 0.5) is 5.69 Å². The number of rotatable bonds is 5. The van der Waals surface area contributed by atoms with Crippen LogP contribution in [0.15, 0.2) is 30.3 Å². The summed E-state index contributed by atoms with van der Waals surface area (Å²) in [6.07, 6.45) is 0. The monoisotopic (exact) mass is 282 g/mol. The van der Waals surface area contributed by atoms with Crippen LogP contribution in [0.1, 0.15) is 22.5 Å². The average Bonchev–Trinajstić information content (AvgIpc) is 2.73. The highest BCUT2D eigenvalue weighted by Crippen LogP contribution is 2.19. The largest absolute Gasteiger partial charge is 0.381 e. The van der Waals surface area contributed by atoms with E-state index in [1.807, 2.05) is 30.7 Å². The third-order valence-corrected chi connectivity index (χ3v) is 3.73. The van der Waals surface area contributed by atoms with E-state index in [4.69, 9.17) is 5.26 Å². The summed E-state index contributed by atoms with van der Waals surface area (Å²) in [4.78, 5) is 2.15. The second-order valence-electron chi connectivity index (χ2n) is 5.56. The summed E-state index contributed by atoms with van der Waals surface area (Å²) < 4.78 is 1.93. The molecule has 4 heteroatoms. The Bertz CT molecular complexity index is 662. The van der Waals surface area contributed by atoms with Crippen LogP contribution in [0, 0.1) is 18.3 Å². The van der Waals surface area contributed by atoms with Crippen molar-refractivity contribution >= 4 is 5.69 Å². The average molecular weight is 282 g/mol. The number of nitriles is 1. The van der Waals surface area contributed by atoms with Crippen molar-refractivity contribution in [3.8, 4) is 6.07 Å². The van der Waals surface area contributed by atoms with Crippen molar-refractivity contribution in [2.24, 2.45) is 7.05 Å². The Morgan fingerprint density at radius 3 is 2.57 bits per heavy atom. The lowest BCUT2D eigenvalue weighted by molar-refractivity contribution is 0.403. The summed E-state index contributed by atoms with van der Waals surface area (Å²) >= 11 is 0. The number of para-hydroxylation sites is 1. The van der Waals surface area contributed by atoms with E-state index in [2.05, 4.69) is 48.6 Å². The van der Waals surface area contributed by atoms with Gasteiger partial charge >= 0.3 is 0 Å². The molecule has 0 saturated heterocycles. The summed E-state index contributed by atoms with van der Waals surface area (Å²) in [6, 6.07) is 12.5. The Morgan fingerprint density at radius 1 is 1.24 bits per heavy atom. The topological polar surface area (TPSA) is 44.0 Å². The van der Waals surface area contributed by atoms with Gasteiger partial charge in [0.05, 0.1) is 0 Å². The van der Waals surface area contributed by atoms with Crippen molar-refractivity contribution in [2.45, 2.75) is 20.0 Å². The van der Waals surface area contributed by atoms with E-state index in [0.717, 1.165) is 30.0 Å². The molecule has 0 aliphatic heterocycles. The number of nitrogens with one attached hydrogen (secondary N) is 1. The molecule has 21 heavy (non-hydrogen) atoms. The fourth-order valence-electron chi connectivity index (χ4n) is 2.41. The van der Waals surface area contributed by atoms with E-state index >= 15 is 0 Å². The quantitative estimate of drug-likeness (QED) is 0.917. The molecule has 0 atom stereocenters. The van der Waals surface area contributed by atoms with Crippen LogP contribution in [-0.2, 0) is 20.1 Å². The van der Waals surface area contributed by atoms with Gasteiger partial charge in [0.15, 0.2) is 0 Å². The second-order valence-corrected chi connectivity index (χ2v) is 5.56. The van der Waals surface area contributed by atoms with Crippen LogP contribution in [-0.4, -0.2) is 23.6 Å². The first-order chi connectivity index (χ1) is 10.0. The van der Waals surface area contributed by atoms with Gasteiger partial charge in [-0.25, -0.2) is 0 Å². The summed E-state index contributed by atoms with van der Waals surface area (Å²) in [5, 5.41) is 12.6. The molecule has 1 aromatic carbocycles. The lowest BCUT2D eigenvalue weighted by Crippen LogP contribution is -2.13. The van der Waals surface area contributed by atoms with E-state index < -0.39 is 0 Å². The number of benzene rings is 1. The third-order valence-electron chi connectivity index (χ3n) is 3.73. The zero-order valence-corrected chi connectivity index (χ0v) is 13.1. The summed E-state index contributed by atoms with van der Waals surface area (Å²) in [7, 11) is 6.06. The van der Waals surface area contributed by atoms with Gasteiger partial charge in [-0.1, -0.05) is 18.2 Å². The minimum atomic E-state index is 0.700. The van der Waals surface area contributed by atoms with Crippen molar-refractivity contribution in [1.29, 1.82) is 5.26 Å². The molecule has 0 fully saturated rings. The molecule has 0 bridgehead atoms. The molecule has 1 heterocycles. The Labute approximate surface area is 126 Å². The smallest absolute Gasteiger partial charge is 0.120 e. The Hall–Kier alpha value is -2.25. The molecule has 1 aromatic heterocycles. The molecule has 110 valence electrons. The van der Waals surface area contributed by atoms with E-state index in [1.54, 1.807) is 0 Å². The summed E-state index contributed by atoms with van der Waals surface area (Å²) in [5.41, 5.74) is 5.41. The molecule has 0 unspecified atom stereocenters. The predicted octanol–water partition coefficient (Wildman–Crippen LogP) is 2.88. The van der Waals surface area contributed by atoms with Crippen LogP contribution in [0.2, 0.25) is 0 Å². The number of hydrogen-bond donors (Lipinski definition) is 1. The van der Waals surface area contributed by atoms with E-state index in [9.17, 15) is 0 Å². The fourth-order valence-corrected chi connectivity index (χ4v) is 2.41. The van der Waals surface area contributed by atoms with Crippen molar-refractivity contribution in [1.82, 2.24) is 9.47 Å². The SMILES string of the molecule is Cc1c(CNc2ccccc2CN(C)C)cc(C#N)n1C. The molecule has 0 amide bonds. The molecule has 0 aliphatic rings. The molecule has 0 aliphatic carbocycles. The molecule has 0 saturated carbocycles. The van der Waals surface area contributed by atoms with Crippen LogP contribution < -0.4 is 5.32 Å². The first-order valence-corrected chi connectivity index (χ1v) is 7.04. The highest BCUT2D eigenvalue weighted by molar-refractivity contribution is 5.52. The third kappa shape index (κ3) is 3.45. The van der Waals surface area contributed by atoms with E-state index in [-0.39, 0.29) is 0 Å². The van der Waals surface area contributed by atoms with Gasteiger partial charge in [-0.2, -0.15) is 5.26 Å². The first kappa shape index (κ1) is 15.1. The summed E-state index contributed by atoms with van der Waals surface area (Å²) in [5.74, 6) is 0. The van der Waals surface area contributed by atoms with Crippen molar-refractivity contribution in [3.63, 3.8) is 0 Å². The number of hydrogen-bond acceptors (Lipinski definition) is 3. The highest BCUT2D eigenvalue weighted by atomic mass is 15.1. The fraction of sp³-hybridized carbons (Fsp3) is 0.353. The van der Waals surface area contributed by atoms with E-state index in [1.165, 1.54) is 5.56 Å². The molecule has 2 rings (SSSR count). The van der Waals surface area contributed by atoms with Crippen LogP contribution >= 0.6 is 0 Å². The minimum absolute atomic E-state index is 0.700. The Morgan fingerprint density at radius 2 is 1.95 bits per heavy atom. The number of nitrogens with zero attached hydrogens (tertiary/aromatic N) is 3. The Balaban J connectivity index is 2.16. The van der Waals surface area contributed by atoms with Gasteiger partial charge in [0.25, 0.3) is 0 Å². The van der Waals surface area contributed by atoms with Gasteiger partial charge in [-0.05, 0) is 44.3 Å². The normalized spacial score (nSPS) is 10.7. The van der Waals surface area contributed by atoms with Crippen LogP contribution in [0.3, 0.4) is 0 Å². The molecule has 4 nitrogen and oxygen atoms in total. The zero-order chi connectivity index (χ0) is 15.4. The standard InChI is InChI=1S/C17H22N4/c1-13-15(9-16(10-18)21(13)4)11-19-17-8-6-5-7-14(17)12-20(2)3/h5-9,19H,11-12H2,1-4H3. The Kier molecular flexibility index (Phi) is 4.66. The lowest BCUT2D eigenvalue weighted by Gasteiger charge is -2.15. The molecule has 0 radical (unpaired) electrons. The maximum Gasteiger partial charge on any atom is 0.120 e. The maximum atomic E-state index is 9.09. The van der Waals surface area contributed by atoms with Gasteiger partial charge in [0.2, 0.25) is 0 Å². The van der Waals surface area contributed by atoms with Crippen molar-refractivity contribution < 1.29 is 0 Å². The number of anilines is 1. The molecule has 0 spiro atoms. The van der Waals surface area contributed by atoms with E-state index in [0.29, 0.717) is 5.69 Å². The molecule has 2 aromatic rings.